The SMILES string of the molecule is C=CCN(CC(=O)N1CCc2sccc2[C@H]1COc1ccccc1OC)[C@H](C)C(C)(C)O. The van der Waals surface area contributed by atoms with Crippen LogP contribution in [0.5, 0.6) is 11.5 Å². The van der Waals surface area contributed by atoms with E-state index >= 15 is 0 Å². The minimum Gasteiger partial charge on any atom is -0.493 e. The van der Waals surface area contributed by atoms with Gasteiger partial charge in [0.25, 0.3) is 0 Å². The molecule has 2 atom stereocenters. The Bertz CT molecular complexity index is 921. The number of amides is 1. The molecule has 2 aromatic rings. The van der Waals surface area contributed by atoms with Gasteiger partial charge in [0.05, 0.1) is 25.3 Å². The van der Waals surface area contributed by atoms with Crippen LogP contribution < -0.4 is 9.47 Å². The Hall–Kier alpha value is -2.35. The van der Waals surface area contributed by atoms with Crippen LogP contribution in [-0.4, -0.2) is 65.8 Å². The zero-order chi connectivity index (χ0) is 23.3. The quantitative estimate of drug-likeness (QED) is 0.547. The molecule has 0 saturated heterocycles. The summed E-state index contributed by atoms with van der Waals surface area (Å²) in [5.41, 5.74) is 0.216. The van der Waals surface area contributed by atoms with Crippen LogP contribution in [0, 0.1) is 0 Å². The number of aliphatic hydroxyl groups is 1. The molecular formula is C25H34N2O4S. The van der Waals surface area contributed by atoms with Crippen LogP contribution in [0.1, 0.15) is 37.3 Å². The molecule has 1 aromatic carbocycles. The highest BCUT2D eigenvalue weighted by atomic mass is 32.1. The summed E-state index contributed by atoms with van der Waals surface area (Å²) in [6, 6.07) is 9.26. The van der Waals surface area contributed by atoms with Gasteiger partial charge < -0.3 is 19.5 Å². The molecule has 1 amide bonds. The lowest BCUT2D eigenvalue weighted by atomic mass is 9.98. The highest BCUT2D eigenvalue weighted by Gasteiger charge is 2.35. The summed E-state index contributed by atoms with van der Waals surface area (Å²) in [5, 5.41) is 12.6. The molecule has 1 aromatic heterocycles. The molecule has 1 aliphatic heterocycles. The largest absolute Gasteiger partial charge is 0.493 e. The second-order valence-corrected chi connectivity index (χ2v) is 9.66. The minimum atomic E-state index is -0.932. The summed E-state index contributed by atoms with van der Waals surface area (Å²) < 4.78 is 11.6. The van der Waals surface area contributed by atoms with E-state index in [2.05, 4.69) is 18.0 Å². The van der Waals surface area contributed by atoms with Crippen molar-refractivity contribution in [2.45, 2.75) is 44.9 Å². The average Bonchev–Trinajstić information content (AvgIpc) is 3.25. The number of hydrogen-bond acceptors (Lipinski definition) is 6. The van der Waals surface area contributed by atoms with Gasteiger partial charge >= 0.3 is 0 Å². The number of nitrogens with zero attached hydrogens (tertiary/aromatic N) is 2. The first-order valence-corrected chi connectivity index (χ1v) is 11.8. The number of rotatable bonds is 10. The van der Waals surface area contributed by atoms with Gasteiger partial charge in [-0.15, -0.1) is 17.9 Å². The predicted molar refractivity (Wildman–Crippen MR) is 128 cm³/mol. The molecule has 0 unspecified atom stereocenters. The first kappa shape index (κ1) is 24.3. The standard InChI is InChI=1S/C25H34N2O4S/c1-6-13-26(18(2)25(3,4)29)16-24(28)27-14-11-23-19(12-15-32-23)20(27)17-31-22-10-8-7-9-21(22)30-5/h6-10,12,15,18,20,29H,1,11,13-14,16-17H2,2-5H3/t18-,20-/m1/s1. The molecule has 0 spiro atoms. The molecular weight excluding hydrogens is 424 g/mol. The molecule has 1 aliphatic rings. The maximum atomic E-state index is 13.5. The topological polar surface area (TPSA) is 62.2 Å². The average molecular weight is 459 g/mol. The zero-order valence-corrected chi connectivity index (χ0v) is 20.2. The molecule has 32 heavy (non-hydrogen) atoms. The van der Waals surface area contributed by atoms with Gasteiger partial charge in [0.1, 0.15) is 6.61 Å². The zero-order valence-electron chi connectivity index (χ0n) is 19.4. The second-order valence-electron chi connectivity index (χ2n) is 8.66. The van der Waals surface area contributed by atoms with E-state index in [1.165, 1.54) is 4.88 Å². The van der Waals surface area contributed by atoms with E-state index in [9.17, 15) is 9.90 Å². The molecule has 7 heteroatoms. The van der Waals surface area contributed by atoms with Crippen molar-refractivity contribution in [3.05, 3.63) is 58.8 Å². The van der Waals surface area contributed by atoms with Crippen LogP contribution in [0.3, 0.4) is 0 Å². The van der Waals surface area contributed by atoms with Crippen molar-refractivity contribution >= 4 is 17.2 Å². The van der Waals surface area contributed by atoms with Crippen LogP contribution in [0.15, 0.2) is 48.4 Å². The second kappa shape index (κ2) is 10.5. The van der Waals surface area contributed by atoms with E-state index < -0.39 is 5.60 Å². The number of hydrogen-bond donors (Lipinski definition) is 1. The Morgan fingerprint density at radius 1 is 1.38 bits per heavy atom. The van der Waals surface area contributed by atoms with E-state index in [0.717, 1.165) is 12.0 Å². The van der Waals surface area contributed by atoms with Crippen molar-refractivity contribution in [3.8, 4) is 11.5 Å². The Balaban J connectivity index is 1.80. The Labute approximate surface area is 195 Å². The third-order valence-electron chi connectivity index (χ3n) is 6.15. The van der Waals surface area contributed by atoms with Crippen LogP contribution in [0.2, 0.25) is 0 Å². The van der Waals surface area contributed by atoms with Crippen molar-refractivity contribution in [2.24, 2.45) is 0 Å². The van der Waals surface area contributed by atoms with E-state index in [1.54, 1.807) is 38.4 Å². The molecule has 174 valence electrons. The van der Waals surface area contributed by atoms with Crippen LogP contribution >= 0.6 is 11.3 Å². The third-order valence-corrected chi connectivity index (χ3v) is 7.15. The molecule has 0 saturated carbocycles. The molecule has 6 nitrogen and oxygen atoms in total. The van der Waals surface area contributed by atoms with Gasteiger partial charge in [0.15, 0.2) is 11.5 Å². The highest BCUT2D eigenvalue weighted by molar-refractivity contribution is 7.10. The number of carbonyl (C=O) groups excluding carboxylic acids is 1. The maximum Gasteiger partial charge on any atom is 0.237 e. The lowest BCUT2D eigenvalue weighted by Crippen LogP contribution is -2.53. The Kier molecular flexibility index (Phi) is 7.98. The fraction of sp³-hybridized carbons (Fsp3) is 0.480. The van der Waals surface area contributed by atoms with Gasteiger partial charge in [0, 0.05) is 24.0 Å². The summed E-state index contributed by atoms with van der Waals surface area (Å²) in [7, 11) is 1.62. The highest BCUT2D eigenvalue weighted by Crippen LogP contribution is 2.35. The number of ether oxygens (including phenoxy) is 2. The van der Waals surface area contributed by atoms with Crippen molar-refractivity contribution in [2.75, 3.05) is 33.4 Å². The molecule has 1 N–H and O–H groups in total. The van der Waals surface area contributed by atoms with Crippen molar-refractivity contribution in [1.29, 1.82) is 0 Å². The van der Waals surface area contributed by atoms with E-state index in [-0.39, 0.29) is 24.5 Å². The van der Waals surface area contributed by atoms with Crippen molar-refractivity contribution in [3.63, 3.8) is 0 Å². The smallest absolute Gasteiger partial charge is 0.237 e. The predicted octanol–water partition coefficient (Wildman–Crippen LogP) is 3.91. The van der Waals surface area contributed by atoms with E-state index in [1.807, 2.05) is 41.0 Å². The Morgan fingerprint density at radius 2 is 2.09 bits per heavy atom. The fourth-order valence-electron chi connectivity index (χ4n) is 4.02. The van der Waals surface area contributed by atoms with E-state index in [4.69, 9.17) is 9.47 Å². The summed E-state index contributed by atoms with van der Waals surface area (Å²) >= 11 is 1.73. The number of carbonyl (C=O) groups is 1. The molecule has 3 rings (SSSR count). The first-order chi connectivity index (χ1) is 15.3. The summed E-state index contributed by atoms with van der Waals surface area (Å²) in [5.74, 6) is 1.35. The van der Waals surface area contributed by atoms with Crippen LogP contribution in [-0.2, 0) is 11.2 Å². The van der Waals surface area contributed by atoms with Gasteiger partial charge in [-0.2, -0.15) is 0 Å². The maximum absolute atomic E-state index is 13.5. The van der Waals surface area contributed by atoms with Crippen LogP contribution in [0.25, 0.3) is 0 Å². The summed E-state index contributed by atoms with van der Waals surface area (Å²) in [6.45, 7) is 11.0. The number of fused-ring (bicyclic) bond motifs is 1. The van der Waals surface area contributed by atoms with Gasteiger partial charge in [-0.1, -0.05) is 18.2 Å². The number of para-hydroxylation sites is 2. The first-order valence-electron chi connectivity index (χ1n) is 10.9. The molecule has 0 aliphatic carbocycles. The monoisotopic (exact) mass is 458 g/mol. The van der Waals surface area contributed by atoms with Gasteiger partial charge in [-0.05, 0) is 56.3 Å². The van der Waals surface area contributed by atoms with Gasteiger partial charge in [-0.25, -0.2) is 0 Å². The molecule has 0 fully saturated rings. The number of benzene rings is 1. The lowest BCUT2D eigenvalue weighted by Gasteiger charge is -2.40. The summed E-state index contributed by atoms with van der Waals surface area (Å²) in [6.07, 6.45) is 2.61. The fourth-order valence-corrected chi connectivity index (χ4v) is 4.95. The van der Waals surface area contributed by atoms with Crippen molar-refractivity contribution in [1.82, 2.24) is 9.80 Å². The Morgan fingerprint density at radius 3 is 2.75 bits per heavy atom. The van der Waals surface area contributed by atoms with Gasteiger partial charge in [0.2, 0.25) is 5.91 Å². The number of methoxy groups -OCH3 is 1. The van der Waals surface area contributed by atoms with Crippen LogP contribution in [0.4, 0.5) is 0 Å². The molecule has 0 bridgehead atoms. The minimum absolute atomic E-state index is 0.0217. The third kappa shape index (κ3) is 5.52. The normalized spacial score (nSPS) is 17.1. The lowest BCUT2D eigenvalue weighted by molar-refractivity contribution is -0.137. The van der Waals surface area contributed by atoms with Crippen molar-refractivity contribution < 1.29 is 19.4 Å². The molecule has 2 heterocycles. The summed E-state index contributed by atoms with van der Waals surface area (Å²) in [4.78, 5) is 18.7. The number of thiophene rings is 1. The molecule has 0 radical (unpaired) electrons. The van der Waals surface area contributed by atoms with Gasteiger partial charge in [-0.3, -0.25) is 9.69 Å². The van der Waals surface area contributed by atoms with E-state index in [0.29, 0.717) is 31.2 Å².